The van der Waals surface area contributed by atoms with Crippen LogP contribution in [0.1, 0.15) is 22.3 Å². The van der Waals surface area contributed by atoms with Crippen LogP contribution in [-0.2, 0) is 5.41 Å². The lowest BCUT2D eigenvalue weighted by molar-refractivity contribution is 0.669. The fourth-order valence-corrected chi connectivity index (χ4v) is 9.51. The summed E-state index contributed by atoms with van der Waals surface area (Å²) < 4.78 is 8.93. The Hall–Kier alpha value is -8.41. The van der Waals surface area contributed by atoms with E-state index in [9.17, 15) is 0 Å². The molecule has 5 nitrogen and oxygen atoms in total. The molecule has 0 aliphatic rings. The molecule has 296 valence electrons. The Kier molecular flexibility index (Phi) is 8.64. The minimum atomic E-state index is -0.598. The van der Waals surface area contributed by atoms with Crippen LogP contribution in [0.3, 0.4) is 0 Å². The van der Waals surface area contributed by atoms with Gasteiger partial charge < -0.3 is 8.98 Å². The Morgan fingerprint density at radius 1 is 0.317 bits per heavy atom. The van der Waals surface area contributed by atoms with E-state index >= 15 is 0 Å². The molecule has 12 aromatic rings. The lowest BCUT2D eigenvalue weighted by atomic mass is 9.65. The molecule has 3 aromatic heterocycles. The summed E-state index contributed by atoms with van der Waals surface area (Å²) in [5, 5.41) is 4.43. The molecule has 0 unspecified atom stereocenters. The number of benzene rings is 9. The average Bonchev–Trinajstić information content (AvgIpc) is 3.89. The predicted molar refractivity (Wildman–Crippen MR) is 256 cm³/mol. The van der Waals surface area contributed by atoms with Crippen LogP contribution >= 0.6 is 0 Å². The van der Waals surface area contributed by atoms with Crippen molar-refractivity contribution in [1.29, 1.82) is 0 Å². The third-order valence-corrected chi connectivity index (χ3v) is 12.4. The summed E-state index contributed by atoms with van der Waals surface area (Å²) in [5.41, 5.74) is 11.9. The summed E-state index contributed by atoms with van der Waals surface area (Å²) in [4.78, 5) is 15.0. The van der Waals surface area contributed by atoms with E-state index in [4.69, 9.17) is 19.4 Å². The van der Waals surface area contributed by atoms with Crippen LogP contribution in [-0.4, -0.2) is 19.5 Å². The zero-order chi connectivity index (χ0) is 41.7. The summed E-state index contributed by atoms with van der Waals surface area (Å²) in [5.74, 6) is 1.89. The van der Waals surface area contributed by atoms with Crippen molar-refractivity contribution in [2.24, 2.45) is 0 Å². The first-order valence-corrected chi connectivity index (χ1v) is 21.3. The van der Waals surface area contributed by atoms with Gasteiger partial charge in [0, 0.05) is 43.9 Å². The maximum atomic E-state index is 6.55. The van der Waals surface area contributed by atoms with Crippen molar-refractivity contribution >= 4 is 43.7 Å². The van der Waals surface area contributed by atoms with Gasteiger partial charge in [-0.1, -0.05) is 176 Å². The van der Waals surface area contributed by atoms with Gasteiger partial charge in [-0.2, -0.15) is 0 Å². The summed E-state index contributed by atoms with van der Waals surface area (Å²) in [7, 11) is 0. The lowest BCUT2D eigenvalue weighted by Gasteiger charge is -2.37. The molecular formula is C58H38N4O. The number of furan rings is 1. The number of aromatic nitrogens is 4. The van der Waals surface area contributed by atoms with E-state index in [1.807, 2.05) is 72.8 Å². The van der Waals surface area contributed by atoms with Crippen molar-refractivity contribution in [3.8, 4) is 39.9 Å². The van der Waals surface area contributed by atoms with Crippen LogP contribution < -0.4 is 0 Å². The number of fused-ring (bicyclic) bond motifs is 6. The van der Waals surface area contributed by atoms with Gasteiger partial charge in [0.05, 0.1) is 16.4 Å². The number of hydrogen-bond acceptors (Lipinski definition) is 4. The Labute approximate surface area is 364 Å². The molecule has 0 spiro atoms. The maximum Gasteiger partial charge on any atom is 0.164 e. The van der Waals surface area contributed by atoms with Gasteiger partial charge >= 0.3 is 0 Å². The van der Waals surface area contributed by atoms with Gasteiger partial charge in [-0.3, -0.25) is 0 Å². The smallest absolute Gasteiger partial charge is 0.164 e. The molecule has 5 heteroatoms. The van der Waals surface area contributed by atoms with E-state index < -0.39 is 5.41 Å². The summed E-state index contributed by atoms with van der Waals surface area (Å²) in [6.07, 6.45) is 0. The second kappa shape index (κ2) is 14.9. The fourth-order valence-electron chi connectivity index (χ4n) is 9.51. The SMILES string of the molecule is c1ccc(-c2nc(-c3ccccc3)nc(-c3ccc(-n4c5ccc(C(c6ccccc6)(c6ccccc6)c6ccccc6)cc5c5cc6oc7ccccc7c6cc54)cc3)n2)cc1. The van der Waals surface area contributed by atoms with E-state index in [1.54, 1.807) is 0 Å². The highest BCUT2D eigenvalue weighted by Crippen LogP contribution is 2.47. The molecule has 0 aliphatic heterocycles. The Bertz CT molecular complexity index is 3430. The third-order valence-electron chi connectivity index (χ3n) is 12.4. The first-order chi connectivity index (χ1) is 31.2. The molecule has 0 aliphatic carbocycles. The monoisotopic (exact) mass is 806 g/mol. The van der Waals surface area contributed by atoms with Crippen molar-refractivity contribution in [2.45, 2.75) is 5.41 Å². The van der Waals surface area contributed by atoms with Gasteiger partial charge in [-0.25, -0.2) is 15.0 Å². The normalized spacial score (nSPS) is 11.8. The molecule has 0 atom stereocenters. The van der Waals surface area contributed by atoms with Gasteiger partial charge in [-0.15, -0.1) is 0 Å². The van der Waals surface area contributed by atoms with Crippen LogP contribution in [0.25, 0.3) is 83.6 Å². The molecular weight excluding hydrogens is 769 g/mol. The summed E-state index contributed by atoms with van der Waals surface area (Å²) in [6.45, 7) is 0. The zero-order valence-electron chi connectivity index (χ0n) is 34.1. The minimum absolute atomic E-state index is 0.598. The quantitative estimate of drug-likeness (QED) is 0.144. The maximum absolute atomic E-state index is 6.55. The highest BCUT2D eigenvalue weighted by molar-refractivity contribution is 6.17. The van der Waals surface area contributed by atoms with E-state index in [0.717, 1.165) is 66.1 Å². The standard InChI is InChI=1S/C58H38N4O/c1-6-18-39(19-7-1)55-59-56(40-20-8-2-9-21-40)61-57(60-55)41-30-33-46(34-31-41)62-51-35-32-45(36-48(51)49-38-54-50(37-52(49)62)47-28-16-17-29-53(47)63-54)58(42-22-10-3-11-23-42,43-24-12-4-13-25-43)44-26-14-5-15-27-44/h1-38H. The second-order valence-corrected chi connectivity index (χ2v) is 16.0. The second-order valence-electron chi connectivity index (χ2n) is 16.0. The lowest BCUT2D eigenvalue weighted by Crippen LogP contribution is -2.30. The van der Waals surface area contributed by atoms with Gasteiger partial charge in [0.25, 0.3) is 0 Å². The van der Waals surface area contributed by atoms with Gasteiger partial charge in [0.15, 0.2) is 17.5 Å². The van der Waals surface area contributed by atoms with Crippen LogP contribution in [0.2, 0.25) is 0 Å². The molecule has 0 radical (unpaired) electrons. The van der Waals surface area contributed by atoms with Crippen molar-refractivity contribution in [1.82, 2.24) is 19.5 Å². The van der Waals surface area contributed by atoms with E-state index in [-0.39, 0.29) is 0 Å². The number of rotatable bonds is 8. The predicted octanol–water partition coefficient (Wildman–Crippen LogP) is 14.3. The molecule has 0 saturated heterocycles. The highest BCUT2D eigenvalue weighted by atomic mass is 16.3. The summed E-state index contributed by atoms with van der Waals surface area (Å²) >= 11 is 0. The van der Waals surface area contributed by atoms with Gasteiger partial charge in [0.1, 0.15) is 11.2 Å². The third kappa shape index (κ3) is 6.05. The van der Waals surface area contributed by atoms with Gasteiger partial charge in [-0.05, 0) is 76.9 Å². The van der Waals surface area contributed by atoms with E-state index in [0.29, 0.717) is 17.5 Å². The first kappa shape index (κ1) is 36.4. The van der Waals surface area contributed by atoms with Crippen LogP contribution in [0.5, 0.6) is 0 Å². The topological polar surface area (TPSA) is 56.7 Å². The molecule has 63 heavy (non-hydrogen) atoms. The number of nitrogens with zero attached hydrogens (tertiary/aromatic N) is 4. The number of para-hydroxylation sites is 1. The Morgan fingerprint density at radius 2 is 0.778 bits per heavy atom. The van der Waals surface area contributed by atoms with Crippen molar-refractivity contribution < 1.29 is 4.42 Å². The van der Waals surface area contributed by atoms with Crippen LogP contribution in [0, 0.1) is 0 Å². The van der Waals surface area contributed by atoms with Gasteiger partial charge in [0.2, 0.25) is 0 Å². The van der Waals surface area contributed by atoms with Crippen LogP contribution in [0.4, 0.5) is 0 Å². The average molecular weight is 807 g/mol. The Morgan fingerprint density at radius 3 is 1.32 bits per heavy atom. The molecule has 0 N–H and O–H groups in total. The summed E-state index contributed by atoms with van der Waals surface area (Å²) in [6, 6.07) is 81.3. The molecule has 0 bridgehead atoms. The molecule has 9 aromatic carbocycles. The minimum Gasteiger partial charge on any atom is -0.456 e. The molecule has 0 fully saturated rings. The van der Waals surface area contributed by atoms with Crippen molar-refractivity contribution in [3.05, 3.63) is 253 Å². The molecule has 0 amide bonds. The number of hydrogen-bond donors (Lipinski definition) is 0. The Balaban J connectivity index is 1.09. The van der Waals surface area contributed by atoms with Crippen molar-refractivity contribution in [2.75, 3.05) is 0 Å². The largest absolute Gasteiger partial charge is 0.456 e. The fraction of sp³-hybridized carbons (Fsp3) is 0.0172. The highest BCUT2D eigenvalue weighted by Gasteiger charge is 2.38. The first-order valence-electron chi connectivity index (χ1n) is 21.3. The van der Waals surface area contributed by atoms with E-state index in [2.05, 4.69) is 162 Å². The molecule has 12 rings (SSSR count). The van der Waals surface area contributed by atoms with Crippen molar-refractivity contribution in [3.63, 3.8) is 0 Å². The zero-order valence-corrected chi connectivity index (χ0v) is 34.1. The molecule has 0 saturated carbocycles. The van der Waals surface area contributed by atoms with E-state index in [1.165, 1.54) is 22.3 Å². The van der Waals surface area contributed by atoms with Crippen LogP contribution in [0.15, 0.2) is 235 Å². The molecule has 3 heterocycles.